The molecule has 6 heteroatoms. The minimum absolute atomic E-state index is 0.281. The molecular formula is C17H14N2O3S. The van der Waals surface area contributed by atoms with Gasteiger partial charge in [0, 0.05) is 16.8 Å². The van der Waals surface area contributed by atoms with Crippen LogP contribution in [0.4, 0.5) is 0 Å². The maximum absolute atomic E-state index is 12.2. The van der Waals surface area contributed by atoms with Crippen molar-refractivity contribution in [3.8, 4) is 16.5 Å². The van der Waals surface area contributed by atoms with E-state index in [0.717, 1.165) is 16.7 Å². The summed E-state index contributed by atoms with van der Waals surface area (Å²) in [5, 5.41) is 1.13. The Morgan fingerprint density at radius 2 is 2.09 bits per heavy atom. The van der Waals surface area contributed by atoms with Crippen molar-refractivity contribution in [2.24, 2.45) is 0 Å². The summed E-state index contributed by atoms with van der Waals surface area (Å²) >= 11 is 1.39. The molecule has 0 amide bonds. The summed E-state index contributed by atoms with van der Waals surface area (Å²) in [6.07, 6.45) is 1.87. The monoisotopic (exact) mass is 326 g/mol. The highest BCUT2D eigenvalue weighted by Crippen LogP contribution is 2.27. The summed E-state index contributed by atoms with van der Waals surface area (Å²) in [5.74, 6) is 0.693. The molecule has 0 saturated heterocycles. The van der Waals surface area contributed by atoms with Crippen molar-refractivity contribution < 1.29 is 9.53 Å². The van der Waals surface area contributed by atoms with E-state index in [0.29, 0.717) is 34.7 Å². The van der Waals surface area contributed by atoms with Crippen molar-refractivity contribution in [3.63, 3.8) is 0 Å². The number of ether oxygens (including phenoxy) is 1. The number of aromatic nitrogens is 2. The minimum atomic E-state index is -0.281. The van der Waals surface area contributed by atoms with E-state index in [2.05, 4.69) is 9.97 Å². The smallest absolute Gasteiger partial charge is 0.279 e. The van der Waals surface area contributed by atoms with E-state index in [-0.39, 0.29) is 5.56 Å². The minimum Gasteiger partial charge on any atom is -0.497 e. The Labute approximate surface area is 136 Å². The number of pyridine rings is 1. The lowest BCUT2D eigenvalue weighted by molar-refractivity contribution is -0.107. The zero-order chi connectivity index (χ0) is 16.2. The Kier molecular flexibility index (Phi) is 4.43. The molecule has 0 saturated carbocycles. The lowest BCUT2D eigenvalue weighted by atomic mass is 10.2. The Morgan fingerprint density at radius 3 is 2.87 bits per heavy atom. The molecule has 0 atom stereocenters. The first-order valence-corrected chi connectivity index (χ1v) is 7.92. The standard InChI is InChI=1S/C17H14N2O3S/c1-22-12-7-8-13-15(10-12)23-17(19-16(13)21)14-6-2-4-11(18-14)5-3-9-20/h2,4,6-10H,3,5H2,1H3. The van der Waals surface area contributed by atoms with Crippen molar-refractivity contribution >= 4 is 27.7 Å². The van der Waals surface area contributed by atoms with Crippen molar-refractivity contribution in [2.45, 2.75) is 12.8 Å². The molecule has 3 rings (SSSR count). The molecule has 116 valence electrons. The molecule has 0 bridgehead atoms. The fourth-order valence-electron chi connectivity index (χ4n) is 2.22. The lowest BCUT2D eigenvalue weighted by Crippen LogP contribution is -2.06. The third-order valence-corrected chi connectivity index (χ3v) is 4.42. The maximum atomic E-state index is 12.2. The summed E-state index contributed by atoms with van der Waals surface area (Å²) in [5.41, 5.74) is 1.17. The van der Waals surface area contributed by atoms with Crippen LogP contribution in [0.3, 0.4) is 0 Å². The highest BCUT2D eigenvalue weighted by Gasteiger charge is 2.09. The third kappa shape index (κ3) is 3.27. The maximum Gasteiger partial charge on any atom is 0.279 e. The Hall–Kier alpha value is -2.60. The highest BCUT2D eigenvalue weighted by molar-refractivity contribution is 7.21. The van der Waals surface area contributed by atoms with Crippen LogP contribution in [0.1, 0.15) is 12.1 Å². The van der Waals surface area contributed by atoms with Gasteiger partial charge in [0.25, 0.3) is 5.56 Å². The van der Waals surface area contributed by atoms with Gasteiger partial charge in [-0.05, 0) is 36.8 Å². The average molecular weight is 326 g/mol. The largest absolute Gasteiger partial charge is 0.497 e. The van der Waals surface area contributed by atoms with E-state index in [1.54, 1.807) is 19.2 Å². The molecule has 0 N–H and O–H groups in total. The highest BCUT2D eigenvalue weighted by atomic mass is 32.1. The van der Waals surface area contributed by atoms with Gasteiger partial charge in [0.15, 0.2) is 0 Å². The molecule has 23 heavy (non-hydrogen) atoms. The Bertz CT molecular complexity index is 921. The second-order valence-electron chi connectivity index (χ2n) is 4.91. The molecule has 0 aliphatic heterocycles. The van der Waals surface area contributed by atoms with Gasteiger partial charge in [0.1, 0.15) is 17.0 Å². The fourth-order valence-corrected chi connectivity index (χ4v) is 3.22. The van der Waals surface area contributed by atoms with Gasteiger partial charge in [-0.3, -0.25) is 9.78 Å². The number of hydrogen-bond donors (Lipinski definition) is 0. The van der Waals surface area contributed by atoms with Gasteiger partial charge in [-0.15, -0.1) is 11.3 Å². The number of fused-ring (bicyclic) bond motifs is 1. The summed E-state index contributed by atoms with van der Waals surface area (Å²) < 4.78 is 6.01. The first kappa shape index (κ1) is 15.3. The van der Waals surface area contributed by atoms with E-state index in [1.807, 2.05) is 24.3 Å². The quantitative estimate of drug-likeness (QED) is 0.674. The van der Waals surface area contributed by atoms with Gasteiger partial charge >= 0.3 is 0 Å². The van der Waals surface area contributed by atoms with E-state index in [4.69, 9.17) is 4.74 Å². The van der Waals surface area contributed by atoms with E-state index >= 15 is 0 Å². The van der Waals surface area contributed by atoms with Crippen LogP contribution < -0.4 is 10.3 Å². The van der Waals surface area contributed by atoms with Crippen LogP contribution in [-0.4, -0.2) is 23.4 Å². The molecule has 0 radical (unpaired) electrons. The second kappa shape index (κ2) is 6.66. The van der Waals surface area contributed by atoms with Crippen molar-refractivity contribution in [3.05, 3.63) is 52.4 Å². The molecule has 0 unspecified atom stereocenters. The van der Waals surface area contributed by atoms with Crippen LogP contribution in [-0.2, 0) is 11.2 Å². The molecule has 2 aromatic heterocycles. The number of aldehydes is 1. The molecule has 0 spiro atoms. The lowest BCUT2D eigenvalue weighted by Gasteiger charge is -2.05. The molecule has 5 nitrogen and oxygen atoms in total. The second-order valence-corrected chi connectivity index (χ2v) is 5.94. The van der Waals surface area contributed by atoms with Crippen LogP contribution in [0, 0.1) is 0 Å². The number of methoxy groups -OCH3 is 1. The van der Waals surface area contributed by atoms with Crippen LogP contribution in [0.2, 0.25) is 0 Å². The van der Waals surface area contributed by atoms with E-state index in [9.17, 15) is 9.59 Å². The topological polar surface area (TPSA) is 69.2 Å². The zero-order valence-corrected chi connectivity index (χ0v) is 13.3. The number of rotatable bonds is 5. The molecular weight excluding hydrogens is 312 g/mol. The third-order valence-electron chi connectivity index (χ3n) is 3.37. The van der Waals surface area contributed by atoms with Crippen LogP contribution in [0.25, 0.3) is 20.8 Å². The van der Waals surface area contributed by atoms with Gasteiger partial charge < -0.3 is 9.53 Å². The van der Waals surface area contributed by atoms with Gasteiger partial charge in [0.05, 0.1) is 18.2 Å². The van der Waals surface area contributed by atoms with Crippen molar-refractivity contribution in [1.29, 1.82) is 0 Å². The molecule has 0 aliphatic carbocycles. The number of carbonyl (C=O) groups is 1. The first-order chi connectivity index (χ1) is 11.2. The summed E-state index contributed by atoms with van der Waals surface area (Å²) in [6, 6.07) is 10.8. The predicted octanol–water partition coefficient (Wildman–Crippen LogP) is 2.86. The van der Waals surface area contributed by atoms with Crippen molar-refractivity contribution in [1.82, 2.24) is 9.97 Å². The van der Waals surface area contributed by atoms with Gasteiger partial charge in [-0.1, -0.05) is 6.07 Å². The van der Waals surface area contributed by atoms with E-state index < -0.39 is 0 Å². The Morgan fingerprint density at radius 1 is 1.22 bits per heavy atom. The van der Waals surface area contributed by atoms with Crippen LogP contribution in [0.15, 0.2) is 41.2 Å². The molecule has 0 fully saturated rings. The summed E-state index contributed by atoms with van der Waals surface area (Å²) in [6.45, 7) is 0. The fraction of sp³-hybridized carbons (Fsp3) is 0.176. The molecule has 0 aliphatic rings. The Balaban J connectivity index is 2.09. The molecule has 2 heterocycles. The van der Waals surface area contributed by atoms with Gasteiger partial charge in [0.2, 0.25) is 0 Å². The predicted molar refractivity (Wildman–Crippen MR) is 90.1 cm³/mol. The number of hydrogen-bond acceptors (Lipinski definition) is 6. The SMILES string of the molecule is COc1ccc2c(=O)nc(-c3cccc(CCC=O)n3)sc2c1. The number of nitrogens with zero attached hydrogens (tertiary/aromatic N) is 2. The van der Waals surface area contributed by atoms with E-state index in [1.165, 1.54) is 11.3 Å². The average Bonchev–Trinajstić information content (AvgIpc) is 2.59. The number of aryl methyl sites for hydroxylation is 1. The summed E-state index contributed by atoms with van der Waals surface area (Å²) in [7, 11) is 1.59. The van der Waals surface area contributed by atoms with Gasteiger partial charge in [-0.25, -0.2) is 0 Å². The van der Waals surface area contributed by atoms with Gasteiger partial charge in [-0.2, -0.15) is 4.98 Å². The van der Waals surface area contributed by atoms with Crippen LogP contribution in [0.5, 0.6) is 5.75 Å². The van der Waals surface area contributed by atoms with Crippen LogP contribution >= 0.6 is 11.3 Å². The number of benzene rings is 1. The first-order valence-electron chi connectivity index (χ1n) is 7.10. The molecule has 1 aromatic carbocycles. The zero-order valence-electron chi connectivity index (χ0n) is 12.5. The summed E-state index contributed by atoms with van der Waals surface area (Å²) in [4.78, 5) is 31.3. The normalized spacial score (nSPS) is 10.7. The van der Waals surface area contributed by atoms with Crippen molar-refractivity contribution in [2.75, 3.05) is 7.11 Å². The molecule has 3 aromatic rings. The number of carbonyl (C=O) groups excluding carboxylic acids is 1.